The van der Waals surface area contributed by atoms with E-state index in [2.05, 4.69) is 27.7 Å². The zero-order valence-corrected chi connectivity index (χ0v) is 15.8. The summed E-state index contributed by atoms with van der Waals surface area (Å²) >= 11 is 0. The number of benzene rings is 1. The van der Waals surface area contributed by atoms with Crippen molar-refractivity contribution in [3.05, 3.63) is 24.3 Å². The molecule has 1 aromatic rings. The molecule has 142 valence electrons. The van der Waals surface area contributed by atoms with Gasteiger partial charge >= 0.3 is 0 Å². The summed E-state index contributed by atoms with van der Waals surface area (Å²) in [7, 11) is 1.71. The summed E-state index contributed by atoms with van der Waals surface area (Å²) in [6, 6.07) is 8.25. The topological polar surface area (TPSA) is 53.6 Å². The zero-order chi connectivity index (χ0) is 18.0. The average molecular weight is 357 g/mol. The van der Waals surface area contributed by atoms with E-state index in [-0.39, 0.29) is 5.41 Å². The van der Waals surface area contributed by atoms with Crippen LogP contribution in [-0.4, -0.2) is 45.7 Å². The summed E-state index contributed by atoms with van der Waals surface area (Å²) in [4.78, 5) is 15.4. The number of nitrogens with one attached hydrogen (secondary N) is 2. The lowest BCUT2D eigenvalue weighted by molar-refractivity contribution is -0.134. The third kappa shape index (κ3) is 3.29. The number of ether oxygens (including phenoxy) is 1. The Morgan fingerprint density at radius 2 is 2.31 bits per heavy atom. The lowest BCUT2D eigenvalue weighted by atomic mass is 9.67. The second kappa shape index (κ2) is 7.47. The van der Waals surface area contributed by atoms with Crippen LogP contribution in [0.3, 0.4) is 0 Å². The van der Waals surface area contributed by atoms with Crippen LogP contribution in [0.15, 0.2) is 24.3 Å². The number of anilines is 1. The van der Waals surface area contributed by atoms with Gasteiger partial charge in [-0.1, -0.05) is 18.9 Å². The Kier molecular flexibility index (Phi) is 5.07. The van der Waals surface area contributed by atoms with Crippen LogP contribution >= 0.6 is 0 Å². The molecule has 4 rings (SSSR count). The van der Waals surface area contributed by atoms with Crippen molar-refractivity contribution in [2.75, 3.05) is 44.7 Å². The number of carbonyl (C=O) groups is 1. The van der Waals surface area contributed by atoms with Crippen LogP contribution in [0.1, 0.15) is 32.1 Å². The second-order valence-electron chi connectivity index (χ2n) is 8.24. The molecule has 1 unspecified atom stereocenters. The molecule has 2 heterocycles. The van der Waals surface area contributed by atoms with Gasteiger partial charge < -0.3 is 20.3 Å². The van der Waals surface area contributed by atoms with Gasteiger partial charge in [0, 0.05) is 37.9 Å². The molecule has 3 aliphatic rings. The first kappa shape index (κ1) is 17.7. The molecular weight excluding hydrogens is 326 g/mol. The highest BCUT2D eigenvalue weighted by Crippen LogP contribution is 2.44. The number of amides is 1. The molecule has 2 N–H and O–H groups in total. The van der Waals surface area contributed by atoms with E-state index in [0.29, 0.717) is 17.7 Å². The standard InChI is InChI=1S/C21H31N3O2/c1-26-19-7-4-6-18(11-19)24-10-8-16(14-24)12-23-20(25)21-9-3-2-5-17(21)13-22-15-21/h4,6-7,11,16-17,22H,2-3,5,8-10,12-15H2,1H3,(H,23,25)/t16?,17-,21+/m0/s1. The Hall–Kier alpha value is -1.75. The van der Waals surface area contributed by atoms with Crippen molar-refractivity contribution in [2.24, 2.45) is 17.3 Å². The molecule has 1 amide bonds. The Bertz CT molecular complexity index is 650. The number of hydrogen-bond acceptors (Lipinski definition) is 4. The fourth-order valence-electron chi connectivity index (χ4n) is 5.14. The van der Waals surface area contributed by atoms with Crippen LogP contribution < -0.4 is 20.3 Å². The highest BCUT2D eigenvalue weighted by atomic mass is 16.5. The summed E-state index contributed by atoms with van der Waals surface area (Å²) in [5.41, 5.74) is 1.08. The first-order valence-corrected chi connectivity index (χ1v) is 10.1. The maximum atomic E-state index is 13.0. The molecule has 3 atom stereocenters. The van der Waals surface area contributed by atoms with Crippen molar-refractivity contribution in [1.82, 2.24) is 10.6 Å². The molecule has 1 aliphatic carbocycles. The predicted molar refractivity (Wildman–Crippen MR) is 104 cm³/mol. The Morgan fingerprint density at radius 1 is 1.38 bits per heavy atom. The molecular formula is C21H31N3O2. The number of nitrogens with zero attached hydrogens (tertiary/aromatic N) is 1. The van der Waals surface area contributed by atoms with Gasteiger partial charge in [0.1, 0.15) is 5.75 Å². The van der Waals surface area contributed by atoms with Crippen molar-refractivity contribution >= 4 is 11.6 Å². The van der Waals surface area contributed by atoms with Gasteiger partial charge in [-0.15, -0.1) is 0 Å². The van der Waals surface area contributed by atoms with Gasteiger partial charge in [-0.3, -0.25) is 4.79 Å². The van der Waals surface area contributed by atoms with Gasteiger partial charge in [0.05, 0.1) is 12.5 Å². The van der Waals surface area contributed by atoms with Crippen molar-refractivity contribution in [3.8, 4) is 5.75 Å². The van der Waals surface area contributed by atoms with E-state index in [9.17, 15) is 4.79 Å². The Morgan fingerprint density at radius 3 is 3.19 bits per heavy atom. The maximum Gasteiger partial charge on any atom is 0.227 e. The summed E-state index contributed by atoms with van der Waals surface area (Å²) in [5.74, 6) is 2.26. The minimum Gasteiger partial charge on any atom is -0.497 e. The fraction of sp³-hybridized carbons (Fsp3) is 0.667. The van der Waals surface area contributed by atoms with Gasteiger partial charge in [0.25, 0.3) is 0 Å². The van der Waals surface area contributed by atoms with Crippen LogP contribution in [0.5, 0.6) is 5.75 Å². The van der Waals surface area contributed by atoms with E-state index >= 15 is 0 Å². The van der Waals surface area contributed by atoms with Gasteiger partial charge in [0.2, 0.25) is 5.91 Å². The minimum absolute atomic E-state index is 0.136. The van der Waals surface area contributed by atoms with Crippen LogP contribution in [0.2, 0.25) is 0 Å². The zero-order valence-electron chi connectivity index (χ0n) is 15.8. The summed E-state index contributed by atoms with van der Waals surface area (Å²) in [5, 5.41) is 6.79. The molecule has 0 aromatic heterocycles. The highest BCUT2D eigenvalue weighted by molar-refractivity contribution is 5.84. The van der Waals surface area contributed by atoms with Crippen LogP contribution in [0, 0.1) is 17.3 Å². The van der Waals surface area contributed by atoms with Gasteiger partial charge in [-0.2, -0.15) is 0 Å². The first-order valence-electron chi connectivity index (χ1n) is 10.1. The monoisotopic (exact) mass is 357 g/mol. The van der Waals surface area contributed by atoms with Crippen molar-refractivity contribution < 1.29 is 9.53 Å². The summed E-state index contributed by atoms with van der Waals surface area (Å²) < 4.78 is 5.34. The van der Waals surface area contributed by atoms with Crippen LogP contribution in [0.4, 0.5) is 5.69 Å². The van der Waals surface area contributed by atoms with E-state index in [0.717, 1.165) is 51.3 Å². The van der Waals surface area contributed by atoms with Gasteiger partial charge in [0.15, 0.2) is 0 Å². The van der Waals surface area contributed by atoms with Gasteiger partial charge in [-0.05, 0) is 49.8 Å². The molecule has 5 nitrogen and oxygen atoms in total. The van der Waals surface area contributed by atoms with E-state index in [1.807, 2.05) is 12.1 Å². The molecule has 2 aliphatic heterocycles. The number of hydrogen-bond donors (Lipinski definition) is 2. The van der Waals surface area contributed by atoms with E-state index < -0.39 is 0 Å². The first-order chi connectivity index (χ1) is 12.7. The fourth-order valence-corrected chi connectivity index (χ4v) is 5.14. The smallest absolute Gasteiger partial charge is 0.227 e. The molecule has 0 bridgehead atoms. The normalized spacial score (nSPS) is 30.9. The van der Waals surface area contributed by atoms with Crippen LogP contribution in [-0.2, 0) is 4.79 Å². The quantitative estimate of drug-likeness (QED) is 0.850. The molecule has 2 saturated heterocycles. The number of methoxy groups -OCH3 is 1. The lowest BCUT2D eigenvalue weighted by Gasteiger charge is -2.37. The van der Waals surface area contributed by atoms with Crippen molar-refractivity contribution in [1.29, 1.82) is 0 Å². The third-order valence-corrected chi connectivity index (χ3v) is 6.75. The molecule has 1 aromatic carbocycles. The molecule has 3 fully saturated rings. The van der Waals surface area contributed by atoms with Gasteiger partial charge in [-0.25, -0.2) is 0 Å². The Balaban J connectivity index is 1.32. The van der Waals surface area contributed by atoms with E-state index in [4.69, 9.17) is 4.74 Å². The van der Waals surface area contributed by atoms with Crippen LogP contribution in [0.25, 0.3) is 0 Å². The lowest BCUT2D eigenvalue weighted by Crippen LogP contribution is -2.49. The highest BCUT2D eigenvalue weighted by Gasteiger charge is 2.49. The molecule has 1 saturated carbocycles. The second-order valence-corrected chi connectivity index (χ2v) is 8.24. The third-order valence-electron chi connectivity index (χ3n) is 6.75. The van der Waals surface area contributed by atoms with Crippen molar-refractivity contribution in [3.63, 3.8) is 0 Å². The molecule has 0 spiro atoms. The number of carbonyl (C=O) groups excluding carboxylic acids is 1. The number of rotatable bonds is 5. The van der Waals surface area contributed by atoms with E-state index in [1.54, 1.807) is 7.11 Å². The van der Waals surface area contributed by atoms with Crippen molar-refractivity contribution in [2.45, 2.75) is 32.1 Å². The average Bonchev–Trinajstić information content (AvgIpc) is 3.33. The SMILES string of the molecule is COc1cccc(N2CCC(CNC(=O)[C@@]34CCCC[C@H]3CNC4)C2)c1. The molecule has 26 heavy (non-hydrogen) atoms. The molecule has 5 heteroatoms. The van der Waals surface area contributed by atoms with E-state index in [1.165, 1.54) is 24.9 Å². The minimum atomic E-state index is -0.136. The largest absolute Gasteiger partial charge is 0.497 e. The summed E-state index contributed by atoms with van der Waals surface area (Å²) in [6.07, 6.45) is 5.86. The molecule has 0 radical (unpaired) electrons. The summed E-state index contributed by atoms with van der Waals surface area (Å²) in [6.45, 7) is 4.73. The number of fused-ring (bicyclic) bond motifs is 1. The Labute approximate surface area is 156 Å². The predicted octanol–water partition coefficient (Wildman–Crippen LogP) is 2.42. The maximum absolute atomic E-state index is 13.0.